The molecule has 4 aromatic rings. The lowest BCUT2D eigenvalue weighted by Crippen LogP contribution is -2.17. The van der Waals surface area contributed by atoms with Crippen molar-refractivity contribution in [1.29, 1.82) is 0 Å². The lowest BCUT2D eigenvalue weighted by molar-refractivity contribution is 0.0524. The summed E-state index contributed by atoms with van der Waals surface area (Å²) in [5.74, 6) is 0.282. The second-order valence-corrected chi connectivity index (χ2v) is 10.7. The second-order valence-electron chi connectivity index (χ2n) is 10.7. The van der Waals surface area contributed by atoms with E-state index in [2.05, 4.69) is 21.5 Å². The molecular formula is C31H33N5O3. The van der Waals surface area contributed by atoms with Gasteiger partial charge in [0.2, 0.25) is 0 Å². The molecule has 6 rings (SSSR count). The predicted molar refractivity (Wildman–Crippen MR) is 147 cm³/mol. The first-order valence-electron chi connectivity index (χ1n) is 13.9. The molecule has 0 N–H and O–H groups in total. The average Bonchev–Trinajstić information content (AvgIpc) is 3.42. The molecule has 2 unspecified atom stereocenters. The normalized spacial score (nSPS) is 19.1. The molecule has 2 aliphatic carbocycles. The van der Waals surface area contributed by atoms with E-state index in [1.165, 1.54) is 6.42 Å². The van der Waals surface area contributed by atoms with Crippen LogP contribution in [0.1, 0.15) is 89.4 Å². The van der Waals surface area contributed by atoms with Crippen LogP contribution in [-0.2, 0) is 11.8 Å². The number of hydrogen-bond donors (Lipinski definition) is 0. The molecule has 2 aromatic carbocycles. The van der Waals surface area contributed by atoms with Gasteiger partial charge in [0.25, 0.3) is 0 Å². The van der Waals surface area contributed by atoms with Gasteiger partial charge in [-0.05, 0) is 55.5 Å². The Balaban J connectivity index is 1.33. The first-order valence-corrected chi connectivity index (χ1v) is 13.9. The summed E-state index contributed by atoms with van der Waals surface area (Å²) in [5.41, 5.74) is 5.85. The van der Waals surface area contributed by atoms with Crippen LogP contribution in [0.15, 0.2) is 60.9 Å². The molecule has 8 heteroatoms. The molecule has 2 heterocycles. The van der Waals surface area contributed by atoms with Crippen LogP contribution in [0, 0.1) is 5.92 Å². The van der Waals surface area contributed by atoms with Gasteiger partial charge in [0.05, 0.1) is 29.9 Å². The third kappa shape index (κ3) is 5.03. The maximum absolute atomic E-state index is 13.2. The van der Waals surface area contributed by atoms with E-state index in [0.717, 1.165) is 65.9 Å². The minimum atomic E-state index is -0.367. The number of aryl methyl sites for hydroxylation is 1. The molecule has 0 amide bonds. The van der Waals surface area contributed by atoms with Crippen molar-refractivity contribution in [2.24, 2.45) is 13.0 Å². The number of esters is 1. The Morgan fingerprint density at radius 2 is 1.77 bits per heavy atom. The fraction of sp³-hybridized carbons (Fsp3) is 0.387. The molecule has 2 aromatic heterocycles. The van der Waals surface area contributed by atoms with E-state index in [1.54, 1.807) is 17.8 Å². The number of carbonyl (C=O) groups excluding carboxylic acids is 2. The molecule has 2 fully saturated rings. The number of ether oxygens (including phenoxy) is 1. The van der Waals surface area contributed by atoms with Crippen molar-refractivity contribution in [2.75, 3.05) is 6.61 Å². The molecule has 0 bridgehead atoms. The number of ketones is 1. The van der Waals surface area contributed by atoms with Crippen molar-refractivity contribution in [1.82, 2.24) is 24.8 Å². The first kappa shape index (κ1) is 25.2. The number of carbonyl (C=O) groups is 2. The molecule has 2 aliphatic rings. The van der Waals surface area contributed by atoms with Crippen molar-refractivity contribution in [3.63, 3.8) is 0 Å². The van der Waals surface area contributed by atoms with Gasteiger partial charge >= 0.3 is 5.97 Å². The Bertz CT molecular complexity index is 1510. The van der Waals surface area contributed by atoms with E-state index < -0.39 is 0 Å². The summed E-state index contributed by atoms with van der Waals surface area (Å²) in [7, 11) is 1.85. The van der Waals surface area contributed by atoms with Crippen LogP contribution < -0.4 is 0 Å². The van der Waals surface area contributed by atoms with E-state index in [-0.39, 0.29) is 29.5 Å². The quantitative estimate of drug-likeness (QED) is 0.212. The Morgan fingerprint density at radius 1 is 1.00 bits per heavy atom. The number of benzene rings is 2. The van der Waals surface area contributed by atoms with Gasteiger partial charge in [-0.25, -0.2) is 9.48 Å². The average molecular weight is 524 g/mol. The Hall–Kier alpha value is -4.07. The molecule has 0 aliphatic heterocycles. The SMILES string of the molecule is CCOC(=O)c1cnn(-c2cccc(-c3cccc(C(=O)C4CCCCC4)c3)c2)c1C1CC1c1cn(C)nn1. The van der Waals surface area contributed by atoms with Crippen LogP contribution in [0.2, 0.25) is 0 Å². The third-order valence-electron chi connectivity index (χ3n) is 7.99. The van der Waals surface area contributed by atoms with E-state index >= 15 is 0 Å². The fourth-order valence-corrected chi connectivity index (χ4v) is 5.92. The van der Waals surface area contributed by atoms with Gasteiger partial charge in [-0.15, -0.1) is 5.10 Å². The van der Waals surface area contributed by atoms with Gasteiger partial charge in [-0.1, -0.05) is 54.8 Å². The van der Waals surface area contributed by atoms with Crippen molar-refractivity contribution in [3.8, 4) is 16.8 Å². The van der Waals surface area contributed by atoms with Gasteiger partial charge in [0.1, 0.15) is 5.56 Å². The molecule has 0 saturated heterocycles. The fourth-order valence-electron chi connectivity index (χ4n) is 5.92. The molecule has 200 valence electrons. The van der Waals surface area contributed by atoms with Gasteiger partial charge < -0.3 is 4.74 Å². The molecular weight excluding hydrogens is 490 g/mol. The highest BCUT2D eigenvalue weighted by atomic mass is 16.5. The van der Waals surface area contributed by atoms with Crippen LogP contribution in [0.25, 0.3) is 16.8 Å². The van der Waals surface area contributed by atoms with Crippen molar-refractivity contribution < 1.29 is 14.3 Å². The minimum absolute atomic E-state index is 0.0868. The summed E-state index contributed by atoms with van der Waals surface area (Å²) in [5, 5.41) is 13.0. The standard InChI is InChI=1S/C31H33N5O3/c1-3-39-31(38)27-18-32-36(29(27)26-17-25(26)28-19-35(2)34-33-28)24-14-8-12-22(16-24)21-11-7-13-23(15-21)30(37)20-9-5-4-6-10-20/h7-8,11-16,18-20,25-26H,3-6,9-10,17H2,1-2H3. The Labute approximate surface area is 228 Å². The zero-order chi connectivity index (χ0) is 26.9. The van der Waals surface area contributed by atoms with Gasteiger partial charge in [0.15, 0.2) is 5.78 Å². The molecule has 0 radical (unpaired) electrons. The summed E-state index contributed by atoms with van der Waals surface area (Å²) in [4.78, 5) is 26.1. The first-order chi connectivity index (χ1) is 19.0. The molecule has 8 nitrogen and oxygen atoms in total. The predicted octanol–water partition coefficient (Wildman–Crippen LogP) is 5.88. The second kappa shape index (κ2) is 10.6. The van der Waals surface area contributed by atoms with Crippen LogP contribution in [0.4, 0.5) is 0 Å². The largest absolute Gasteiger partial charge is 0.462 e. The van der Waals surface area contributed by atoms with Crippen LogP contribution >= 0.6 is 0 Å². The van der Waals surface area contributed by atoms with Crippen LogP contribution in [0.3, 0.4) is 0 Å². The zero-order valence-corrected chi connectivity index (χ0v) is 22.4. The molecule has 0 spiro atoms. The maximum atomic E-state index is 13.2. The number of Topliss-reactive ketones (excluding diaryl/α,β-unsaturated/α-hetero) is 1. The van der Waals surface area contributed by atoms with Gasteiger partial charge in [-0.3, -0.25) is 9.48 Å². The number of hydrogen-bond acceptors (Lipinski definition) is 6. The van der Waals surface area contributed by atoms with Crippen LogP contribution in [0.5, 0.6) is 0 Å². The van der Waals surface area contributed by atoms with Crippen molar-refractivity contribution in [2.45, 2.75) is 57.3 Å². The molecule has 39 heavy (non-hydrogen) atoms. The maximum Gasteiger partial charge on any atom is 0.341 e. The summed E-state index contributed by atoms with van der Waals surface area (Å²) < 4.78 is 8.92. The number of nitrogens with zero attached hydrogens (tertiary/aromatic N) is 5. The van der Waals surface area contributed by atoms with E-state index in [9.17, 15) is 9.59 Å². The lowest BCUT2D eigenvalue weighted by Gasteiger charge is -2.20. The number of rotatable bonds is 8. The highest BCUT2D eigenvalue weighted by Gasteiger charge is 2.46. The topological polar surface area (TPSA) is 91.9 Å². The smallest absolute Gasteiger partial charge is 0.341 e. The molecule has 2 atom stereocenters. The van der Waals surface area contributed by atoms with Gasteiger partial charge in [-0.2, -0.15) is 5.10 Å². The Kier molecular flexibility index (Phi) is 6.85. The zero-order valence-electron chi connectivity index (χ0n) is 22.4. The van der Waals surface area contributed by atoms with E-state index in [4.69, 9.17) is 4.74 Å². The third-order valence-corrected chi connectivity index (χ3v) is 7.99. The summed E-state index contributed by atoms with van der Waals surface area (Å²) in [6, 6.07) is 16.0. The van der Waals surface area contributed by atoms with Crippen molar-refractivity contribution >= 4 is 11.8 Å². The monoisotopic (exact) mass is 523 g/mol. The van der Waals surface area contributed by atoms with Crippen LogP contribution in [-0.4, -0.2) is 43.1 Å². The highest BCUT2D eigenvalue weighted by molar-refractivity contribution is 5.99. The van der Waals surface area contributed by atoms with E-state index in [1.807, 2.05) is 60.4 Å². The summed E-state index contributed by atoms with van der Waals surface area (Å²) in [6.45, 7) is 2.10. The lowest BCUT2D eigenvalue weighted by atomic mass is 9.83. The van der Waals surface area contributed by atoms with Crippen molar-refractivity contribution in [3.05, 3.63) is 83.4 Å². The summed E-state index contributed by atoms with van der Waals surface area (Å²) in [6.07, 6.45) is 9.87. The Morgan fingerprint density at radius 3 is 2.51 bits per heavy atom. The van der Waals surface area contributed by atoms with Gasteiger partial charge in [0, 0.05) is 36.6 Å². The molecule has 2 saturated carbocycles. The van der Waals surface area contributed by atoms with E-state index in [0.29, 0.717) is 12.2 Å². The summed E-state index contributed by atoms with van der Waals surface area (Å²) >= 11 is 0. The highest BCUT2D eigenvalue weighted by Crippen LogP contribution is 2.55. The number of aromatic nitrogens is 5. The minimum Gasteiger partial charge on any atom is -0.462 e.